The Hall–Kier alpha value is -3.18. The van der Waals surface area contributed by atoms with Crippen LogP contribution in [0.15, 0.2) is 60.7 Å². The molecule has 1 aliphatic heterocycles. The Morgan fingerprint density at radius 2 is 1.68 bits per heavy atom. The monoisotopic (exact) mass is 456 g/mol. The van der Waals surface area contributed by atoms with Crippen LogP contribution in [0.25, 0.3) is 12.2 Å². The molecule has 0 N–H and O–H groups in total. The van der Waals surface area contributed by atoms with Crippen molar-refractivity contribution in [2.75, 3.05) is 6.61 Å². The average molecular weight is 457 g/mol. The SMILES string of the molecule is C=C(C)COC1C2CC3C1OC(=O)C3C2C(=O)OC1(C)c2ccccc2C=Cc2ccccc21. The Morgan fingerprint density at radius 3 is 2.29 bits per heavy atom. The Bertz CT molecular complexity index is 1180. The molecule has 0 aromatic heterocycles. The number of rotatable bonds is 5. The second kappa shape index (κ2) is 7.67. The summed E-state index contributed by atoms with van der Waals surface area (Å²) >= 11 is 0. The van der Waals surface area contributed by atoms with Crippen molar-refractivity contribution < 1.29 is 23.8 Å². The molecule has 2 aromatic carbocycles. The van der Waals surface area contributed by atoms with Gasteiger partial charge >= 0.3 is 11.9 Å². The van der Waals surface area contributed by atoms with Crippen molar-refractivity contribution >= 4 is 24.1 Å². The van der Waals surface area contributed by atoms with Crippen molar-refractivity contribution in [2.45, 2.75) is 38.1 Å². The minimum Gasteiger partial charge on any atom is -0.459 e. The first kappa shape index (κ1) is 21.4. The summed E-state index contributed by atoms with van der Waals surface area (Å²) in [7, 11) is 0. The zero-order valence-electron chi connectivity index (χ0n) is 19.4. The van der Waals surface area contributed by atoms with Gasteiger partial charge < -0.3 is 14.2 Å². The lowest BCUT2D eigenvalue weighted by Gasteiger charge is -2.36. The summed E-state index contributed by atoms with van der Waals surface area (Å²) < 4.78 is 18.3. The second-order valence-corrected chi connectivity index (χ2v) is 10.2. The summed E-state index contributed by atoms with van der Waals surface area (Å²) in [5.41, 5.74) is 3.76. The van der Waals surface area contributed by atoms with Crippen molar-refractivity contribution in [3.63, 3.8) is 0 Å². The summed E-state index contributed by atoms with van der Waals surface area (Å²) in [5, 5.41) is 0. The van der Waals surface area contributed by atoms with Crippen LogP contribution in [0.4, 0.5) is 0 Å². The third-order valence-electron chi connectivity index (χ3n) is 8.04. The van der Waals surface area contributed by atoms with Gasteiger partial charge in [-0.15, -0.1) is 0 Å². The van der Waals surface area contributed by atoms with Gasteiger partial charge in [0.2, 0.25) is 0 Å². The van der Waals surface area contributed by atoms with Gasteiger partial charge in [0.1, 0.15) is 6.10 Å². The van der Waals surface area contributed by atoms with E-state index in [4.69, 9.17) is 14.2 Å². The van der Waals surface area contributed by atoms with Crippen LogP contribution in [0, 0.1) is 23.7 Å². The number of carbonyl (C=O) groups is 2. The van der Waals surface area contributed by atoms with Gasteiger partial charge in [0, 0.05) is 23.0 Å². The average Bonchev–Trinajstić information content (AvgIpc) is 3.41. The summed E-state index contributed by atoms with van der Waals surface area (Å²) in [6.07, 6.45) is 4.29. The predicted molar refractivity (Wildman–Crippen MR) is 127 cm³/mol. The lowest BCUT2D eigenvalue weighted by Crippen LogP contribution is -2.45. The number of ether oxygens (including phenoxy) is 3. The molecule has 6 unspecified atom stereocenters. The number of carbonyl (C=O) groups excluding carboxylic acids is 2. The van der Waals surface area contributed by atoms with Crippen molar-refractivity contribution in [3.05, 3.63) is 82.9 Å². The molecule has 6 rings (SSSR count). The molecule has 3 fully saturated rings. The van der Waals surface area contributed by atoms with Crippen LogP contribution in [0.2, 0.25) is 0 Å². The molecule has 34 heavy (non-hydrogen) atoms. The van der Waals surface area contributed by atoms with Crippen LogP contribution in [0.5, 0.6) is 0 Å². The first-order valence-electron chi connectivity index (χ1n) is 11.9. The third kappa shape index (κ3) is 3.03. The normalized spacial score (nSPS) is 31.4. The fraction of sp³-hybridized carbons (Fsp3) is 0.379. The van der Waals surface area contributed by atoms with E-state index in [1.807, 2.05) is 62.4 Å². The zero-order chi connectivity index (χ0) is 23.6. The maximum atomic E-state index is 13.9. The van der Waals surface area contributed by atoms with Crippen LogP contribution < -0.4 is 0 Å². The lowest BCUT2D eigenvalue weighted by atomic mass is 9.78. The number of hydrogen-bond acceptors (Lipinski definition) is 5. The topological polar surface area (TPSA) is 61.8 Å². The van der Waals surface area contributed by atoms with E-state index in [0.717, 1.165) is 34.2 Å². The van der Waals surface area contributed by atoms with Crippen LogP contribution >= 0.6 is 0 Å². The van der Waals surface area contributed by atoms with Gasteiger partial charge in [0.25, 0.3) is 0 Å². The highest BCUT2D eigenvalue weighted by atomic mass is 16.6. The number of benzene rings is 2. The predicted octanol–water partition coefficient (Wildman–Crippen LogP) is 4.75. The van der Waals surface area contributed by atoms with Gasteiger partial charge in [-0.05, 0) is 31.4 Å². The van der Waals surface area contributed by atoms with Gasteiger partial charge in [-0.1, -0.05) is 72.8 Å². The number of esters is 2. The van der Waals surface area contributed by atoms with Crippen LogP contribution in [-0.2, 0) is 29.4 Å². The molecule has 3 aliphatic carbocycles. The molecule has 1 heterocycles. The Morgan fingerprint density at radius 1 is 1.06 bits per heavy atom. The van der Waals surface area contributed by atoms with E-state index >= 15 is 0 Å². The molecule has 2 saturated carbocycles. The van der Waals surface area contributed by atoms with Gasteiger partial charge in [-0.3, -0.25) is 9.59 Å². The van der Waals surface area contributed by atoms with Crippen molar-refractivity contribution in [2.24, 2.45) is 23.7 Å². The van der Waals surface area contributed by atoms with E-state index in [2.05, 4.69) is 18.7 Å². The molecular weight excluding hydrogens is 428 g/mol. The molecule has 1 saturated heterocycles. The van der Waals surface area contributed by atoms with Crippen molar-refractivity contribution in [1.82, 2.24) is 0 Å². The van der Waals surface area contributed by atoms with Crippen molar-refractivity contribution in [1.29, 1.82) is 0 Å². The van der Waals surface area contributed by atoms with E-state index in [9.17, 15) is 9.59 Å². The highest BCUT2D eigenvalue weighted by Gasteiger charge is 2.69. The number of hydrogen-bond donors (Lipinski definition) is 0. The van der Waals surface area contributed by atoms with Gasteiger partial charge in [0.15, 0.2) is 5.60 Å². The molecule has 2 bridgehead atoms. The molecule has 0 spiro atoms. The van der Waals surface area contributed by atoms with Crippen LogP contribution in [-0.4, -0.2) is 30.8 Å². The third-order valence-corrected chi connectivity index (χ3v) is 8.04. The lowest BCUT2D eigenvalue weighted by molar-refractivity contribution is -0.167. The number of fused-ring (bicyclic) bond motifs is 3. The van der Waals surface area contributed by atoms with Crippen molar-refractivity contribution in [3.8, 4) is 0 Å². The molecule has 174 valence electrons. The smallest absolute Gasteiger partial charge is 0.311 e. The highest BCUT2D eigenvalue weighted by molar-refractivity contribution is 5.87. The fourth-order valence-electron chi connectivity index (χ4n) is 6.63. The quantitative estimate of drug-likeness (QED) is 0.480. The van der Waals surface area contributed by atoms with E-state index in [0.29, 0.717) is 6.61 Å². The van der Waals surface area contributed by atoms with Gasteiger partial charge in [-0.2, -0.15) is 0 Å². The largest absolute Gasteiger partial charge is 0.459 e. The van der Waals surface area contributed by atoms with Crippen LogP contribution in [0.3, 0.4) is 0 Å². The fourth-order valence-corrected chi connectivity index (χ4v) is 6.63. The Kier molecular flexibility index (Phi) is 4.82. The van der Waals surface area contributed by atoms with Crippen LogP contribution in [0.1, 0.15) is 42.5 Å². The first-order chi connectivity index (χ1) is 16.4. The zero-order valence-corrected chi connectivity index (χ0v) is 19.4. The molecule has 0 radical (unpaired) electrons. The van der Waals surface area contributed by atoms with E-state index in [-0.39, 0.29) is 36.0 Å². The molecule has 6 atom stereocenters. The maximum Gasteiger partial charge on any atom is 0.311 e. The highest BCUT2D eigenvalue weighted by Crippen LogP contribution is 2.59. The van der Waals surface area contributed by atoms with E-state index < -0.39 is 17.4 Å². The summed E-state index contributed by atoms with van der Waals surface area (Å²) in [6.45, 7) is 8.16. The van der Waals surface area contributed by atoms with E-state index in [1.165, 1.54) is 0 Å². The first-order valence-corrected chi connectivity index (χ1v) is 11.9. The summed E-state index contributed by atoms with van der Waals surface area (Å²) in [6, 6.07) is 16.0. The molecule has 2 aromatic rings. The molecule has 5 nitrogen and oxygen atoms in total. The molecule has 5 heteroatoms. The standard InChI is InChI=1S/C29H28O5/c1-16(2)15-32-25-19-14-20-23(27(30)33-26(20)25)24(19)28(31)34-29(3)21-10-6-4-8-17(21)12-13-18-9-5-7-11-22(18)29/h4-13,19-20,23-26H,1,14-15H2,2-3H3. The van der Waals surface area contributed by atoms with Gasteiger partial charge in [-0.25, -0.2) is 0 Å². The minimum atomic E-state index is -0.994. The Labute approximate surface area is 199 Å². The Balaban J connectivity index is 1.37. The summed E-state index contributed by atoms with van der Waals surface area (Å²) in [5.74, 6) is -1.77. The van der Waals surface area contributed by atoms with E-state index in [1.54, 1.807) is 0 Å². The molecular formula is C29H28O5. The van der Waals surface area contributed by atoms with Gasteiger partial charge in [0.05, 0.1) is 24.5 Å². The minimum absolute atomic E-state index is 0.00773. The molecule has 4 aliphatic rings. The summed E-state index contributed by atoms with van der Waals surface area (Å²) in [4.78, 5) is 26.7. The maximum absolute atomic E-state index is 13.9. The second-order valence-electron chi connectivity index (χ2n) is 10.2. The molecule has 0 amide bonds.